The molecule has 1 N–H and O–H groups in total. The van der Waals surface area contributed by atoms with Gasteiger partial charge in [-0.05, 0) is 48.9 Å². The van der Waals surface area contributed by atoms with Crippen molar-refractivity contribution in [1.29, 1.82) is 0 Å². The molecule has 0 heterocycles. The molecule has 3 atom stereocenters. The minimum absolute atomic E-state index is 0.265. The van der Waals surface area contributed by atoms with Crippen LogP contribution in [0.15, 0.2) is 29.2 Å². The summed E-state index contributed by atoms with van der Waals surface area (Å²) in [6.07, 6.45) is 3.49. The van der Waals surface area contributed by atoms with E-state index in [-0.39, 0.29) is 5.41 Å². The minimum Gasteiger partial charge on any atom is -0.316 e. The first kappa shape index (κ1) is 14.5. The van der Waals surface area contributed by atoms with Crippen LogP contribution in [0, 0.1) is 5.41 Å². The molecule has 0 radical (unpaired) electrons. The first-order valence-electron chi connectivity index (χ1n) is 6.80. The molecule has 0 aromatic heterocycles. The summed E-state index contributed by atoms with van der Waals surface area (Å²) in [4.78, 5) is 0.402. The number of sulfone groups is 1. The van der Waals surface area contributed by atoms with E-state index in [2.05, 4.69) is 19.2 Å². The third-order valence-corrected chi connectivity index (χ3v) is 6.01. The lowest BCUT2D eigenvalue weighted by atomic mass is 9.54. The van der Waals surface area contributed by atoms with E-state index in [1.54, 1.807) is 12.1 Å². The zero-order valence-electron chi connectivity index (χ0n) is 12.1. The summed E-state index contributed by atoms with van der Waals surface area (Å²) in [5, 5.41) is 3.38. The van der Waals surface area contributed by atoms with Gasteiger partial charge in [-0.25, -0.2) is 8.42 Å². The summed E-state index contributed by atoms with van der Waals surface area (Å²) in [7, 11) is -1.08. The second-order valence-electron chi connectivity index (χ2n) is 5.83. The molecule has 2 rings (SSSR count). The largest absolute Gasteiger partial charge is 0.316 e. The fourth-order valence-corrected chi connectivity index (χ4v) is 3.89. The topological polar surface area (TPSA) is 46.2 Å². The average Bonchev–Trinajstić information content (AvgIpc) is 2.36. The Hall–Kier alpha value is -0.870. The van der Waals surface area contributed by atoms with E-state index in [4.69, 9.17) is 0 Å². The highest BCUT2D eigenvalue weighted by Gasteiger charge is 2.49. The summed E-state index contributed by atoms with van der Waals surface area (Å²) in [5.74, 6) is 0.517. The van der Waals surface area contributed by atoms with E-state index in [0.29, 0.717) is 16.9 Å². The first-order valence-corrected chi connectivity index (χ1v) is 8.69. The number of hydrogen-bond donors (Lipinski definition) is 1. The Morgan fingerprint density at radius 3 is 2.32 bits per heavy atom. The maximum Gasteiger partial charge on any atom is 0.175 e. The molecule has 1 fully saturated rings. The second-order valence-corrected chi connectivity index (χ2v) is 7.85. The molecule has 3 unspecified atom stereocenters. The lowest BCUT2D eigenvalue weighted by molar-refractivity contribution is 0.0495. The monoisotopic (exact) mass is 281 g/mol. The van der Waals surface area contributed by atoms with Crippen LogP contribution >= 0.6 is 0 Å². The van der Waals surface area contributed by atoms with E-state index in [1.807, 2.05) is 19.2 Å². The predicted molar refractivity (Wildman–Crippen MR) is 78.2 cm³/mol. The number of nitrogens with one attached hydrogen (secondary N) is 1. The maximum absolute atomic E-state index is 11.5. The molecule has 0 bridgehead atoms. The quantitative estimate of drug-likeness (QED) is 0.922. The molecule has 3 nitrogen and oxygen atoms in total. The lowest BCUT2D eigenvalue weighted by Crippen LogP contribution is -2.55. The molecule has 19 heavy (non-hydrogen) atoms. The van der Waals surface area contributed by atoms with Crippen molar-refractivity contribution < 1.29 is 8.42 Å². The van der Waals surface area contributed by atoms with Crippen molar-refractivity contribution in [2.75, 3.05) is 13.3 Å². The number of rotatable bonds is 4. The SMILES string of the molecule is CCC1(C)C(NC)CC1c1ccc(S(C)(=O)=O)cc1. The molecule has 1 aromatic rings. The minimum atomic E-state index is -3.10. The van der Waals surface area contributed by atoms with Gasteiger partial charge in [0.2, 0.25) is 0 Å². The lowest BCUT2D eigenvalue weighted by Gasteiger charge is -2.54. The van der Waals surface area contributed by atoms with Gasteiger partial charge in [0.25, 0.3) is 0 Å². The molecule has 1 saturated carbocycles. The Bertz CT molecular complexity index is 550. The maximum atomic E-state index is 11.5. The van der Waals surface area contributed by atoms with E-state index in [9.17, 15) is 8.42 Å². The third-order valence-electron chi connectivity index (χ3n) is 4.88. The summed E-state index contributed by atoms with van der Waals surface area (Å²) >= 11 is 0. The van der Waals surface area contributed by atoms with Crippen LogP contribution in [0.2, 0.25) is 0 Å². The van der Waals surface area contributed by atoms with Gasteiger partial charge in [0.1, 0.15) is 0 Å². The summed E-state index contributed by atoms with van der Waals surface area (Å²) in [6, 6.07) is 7.96. The zero-order valence-corrected chi connectivity index (χ0v) is 12.9. The van der Waals surface area contributed by atoms with Gasteiger partial charge >= 0.3 is 0 Å². The standard InChI is InChI=1S/C15H23NO2S/c1-5-15(2)13(10-14(15)16-3)11-6-8-12(9-7-11)19(4,17)18/h6-9,13-14,16H,5,10H2,1-4H3. The second kappa shape index (κ2) is 4.91. The van der Waals surface area contributed by atoms with E-state index >= 15 is 0 Å². The van der Waals surface area contributed by atoms with Crippen LogP contribution < -0.4 is 5.32 Å². The Morgan fingerprint density at radius 2 is 1.89 bits per heavy atom. The van der Waals surface area contributed by atoms with Crippen molar-refractivity contribution in [2.24, 2.45) is 5.41 Å². The molecule has 4 heteroatoms. The summed E-state index contributed by atoms with van der Waals surface area (Å²) in [5.41, 5.74) is 1.52. The van der Waals surface area contributed by atoms with Gasteiger partial charge in [0.05, 0.1) is 4.90 Å². The fraction of sp³-hybridized carbons (Fsp3) is 0.600. The van der Waals surface area contributed by atoms with Crippen LogP contribution in [0.5, 0.6) is 0 Å². The summed E-state index contributed by atoms with van der Waals surface area (Å²) in [6.45, 7) is 4.54. The highest BCUT2D eigenvalue weighted by molar-refractivity contribution is 7.90. The average molecular weight is 281 g/mol. The first-order chi connectivity index (χ1) is 8.82. The Balaban J connectivity index is 2.25. The van der Waals surface area contributed by atoms with Gasteiger partial charge in [-0.15, -0.1) is 0 Å². The highest BCUT2D eigenvalue weighted by atomic mass is 32.2. The van der Waals surface area contributed by atoms with Gasteiger partial charge in [-0.3, -0.25) is 0 Å². The zero-order chi connectivity index (χ0) is 14.3. The van der Waals surface area contributed by atoms with Crippen LogP contribution in [-0.2, 0) is 9.84 Å². The molecule has 1 aliphatic rings. The molecule has 0 aliphatic heterocycles. The van der Waals surface area contributed by atoms with E-state index in [1.165, 1.54) is 11.8 Å². The Labute approximate surface area is 116 Å². The van der Waals surface area contributed by atoms with Crippen molar-refractivity contribution >= 4 is 9.84 Å². The number of hydrogen-bond acceptors (Lipinski definition) is 3. The fourth-order valence-electron chi connectivity index (χ4n) is 3.26. The molecule has 0 saturated heterocycles. The Morgan fingerprint density at radius 1 is 1.32 bits per heavy atom. The van der Waals surface area contributed by atoms with Crippen molar-refractivity contribution in [3.05, 3.63) is 29.8 Å². The van der Waals surface area contributed by atoms with Gasteiger partial charge in [0, 0.05) is 12.3 Å². The molecule has 106 valence electrons. The third kappa shape index (κ3) is 2.43. The van der Waals surface area contributed by atoms with E-state index in [0.717, 1.165) is 12.8 Å². The number of benzene rings is 1. The normalized spacial score (nSPS) is 30.9. The molecule has 1 aliphatic carbocycles. The van der Waals surface area contributed by atoms with Gasteiger partial charge in [-0.2, -0.15) is 0 Å². The molecule has 0 spiro atoms. The van der Waals surface area contributed by atoms with Crippen LogP contribution in [0.3, 0.4) is 0 Å². The molecular weight excluding hydrogens is 258 g/mol. The van der Waals surface area contributed by atoms with Gasteiger partial charge in [0.15, 0.2) is 9.84 Å². The van der Waals surface area contributed by atoms with Gasteiger partial charge < -0.3 is 5.32 Å². The Kier molecular flexibility index (Phi) is 3.76. The van der Waals surface area contributed by atoms with E-state index < -0.39 is 9.84 Å². The van der Waals surface area contributed by atoms with Crippen molar-refractivity contribution in [3.8, 4) is 0 Å². The van der Waals surface area contributed by atoms with Crippen LogP contribution in [0.4, 0.5) is 0 Å². The van der Waals surface area contributed by atoms with Crippen LogP contribution in [-0.4, -0.2) is 27.8 Å². The molecule has 1 aromatic carbocycles. The van der Waals surface area contributed by atoms with Crippen molar-refractivity contribution in [3.63, 3.8) is 0 Å². The highest BCUT2D eigenvalue weighted by Crippen LogP contribution is 2.54. The van der Waals surface area contributed by atoms with Crippen LogP contribution in [0.25, 0.3) is 0 Å². The smallest absolute Gasteiger partial charge is 0.175 e. The van der Waals surface area contributed by atoms with Crippen molar-refractivity contribution in [1.82, 2.24) is 5.32 Å². The predicted octanol–water partition coefficient (Wildman–Crippen LogP) is 2.58. The molecule has 0 amide bonds. The van der Waals surface area contributed by atoms with Crippen molar-refractivity contribution in [2.45, 2.75) is 43.5 Å². The summed E-state index contributed by atoms with van der Waals surface area (Å²) < 4.78 is 22.9. The van der Waals surface area contributed by atoms with Gasteiger partial charge in [-0.1, -0.05) is 26.0 Å². The van der Waals surface area contributed by atoms with Crippen LogP contribution in [0.1, 0.15) is 38.2 Å². The molecular formula is C15H23NO2S.